The Morgan fingerprint density at radius 1 is 1.40 bits per heavy atom. The Morgan fingerprint density at radius 2 is 1.87 bits per heavy atom. The molecule has 0 aliphatic rings. The second-order valence-electron chi connectivity index (χ2n) is 2.78. The van der Waals surface area contributed by atoms with E-state index in [1.165, 1.54) is 0 Å². The maximum Gasteiger partial charge on any atom is 0.320 e. The standard InChI is InChI=1S/C9H10INO2.OS/c10-7-3-1-6(2-4-7)5-8(11)9(12)13;1-2/h1-4,8H,5,11H2,(H,12,13);/t8-;/m0./s1. The van der Waals surface area contributed by atoms with Gasteiger partial charge in [-0.1, -0.05) is 12.1 Å². The molecule has 0 radical (unpaired) electrons. The zero-order valence-electron chi connectivity index (χ0n) is 7.72. The minimum Gasteiger partial charge on any atom is -0.480 e. The quantitative estimate of drug-likeness (QED) is 0.801. The van der Waals surface area contributed by atoms with Gasteiger partial charge in [-0.3, -0.25) is 4.79 Å². The molecule has 0 aliphatic heterocycles. The van der Waals surface area contributed by atoms with E-state index in [1.54, 1.807) is 0 Å². The van der Waals surface area contributed by atoms with Crippen LogP contribution in [-0.2, 0) is 23.7 Å². The van der Waals surface area contributed by atoms with E-state index in [9.17, 15) is 4.79 Å². The van der Waals surface area contributed by atoms with Gasteiger partial charge in [0.05, 0.1) is 0 Å². The normalized spacial score (nSPS) is 11.1. The Kier molecular flexibility index (Phi) is 7.35. The van der Waals surface area contributed by atoms with Crippen LogP contribution < -0.4 is 5.73 Å². The molecule has 0 aliphatic carbocycles. The SMILES string of the molecule is N[C@@H](Cc1ccc(I)cc1)C(=O)O.O=S. The first-order valence-electron chi connectivity index (χ1n) is 3.99. The van der Waals surface area contributed by atoms with Gasteiger partial charge in [-0.15, -0.1) is 0 Å². The van der Waals surface area contributed by atoms with Crippen molar-refractivity contribution in [2.45, 2.75) is 12.5 Å². The summed E-state index contributed by atoms with van der Waals surface area (Å²) in [5.74, 6) is -0.960. The minimum atomic E-state index is -0.960. The predicted molar refractivity (Wildman–Crippen MR) is 66.6 cm³/mol. The van der Waals surface area contributed by atoms with E-state index >= 15 is 0 Å². The number of benzene rings is 1. The lowest BCUT2D eigenvalue weighted by atomic mass is 10.1. The predicted octanol–water partition coefficient (Wildman–Crippen LogP) is 0.909. The molecular formula is C9H10INO3S. The number of hydrogen-bond donors (Lipinski definition) is 2. The van der Waals surface area contributed by atoms with Crippen molar-refractivity contribution in [2.75, 3.05) is 0 Å². The van der Waals surface area contributed by atoms with Crippen LogP contribution in [-0.4, -0.2) is 21.3 Å². The molecule has 0 amide bonds. The number of hydrogen-bond acceptors (Lipinski definition) is 4. The molecule has 15 heavy (non-hydrogen) atoms. The Labute approximate surface area is 107 Å². The van der Waals surface area contributed by atoms with Gasteiger partial charge in [0.1, 0.15) is 6.04 Å². The van der Waals surface area contributed by atoms with Crippen LogP contribution in [0.5, 0.6) is 0 Å². The first-order valence-corrected chi connectivity index (χ1v) is 5.40. The smallest absolute Gasteiger partial charge is 0.320 e. The molecule has 3 N–H and O–H groups in total. The molecule has 0 spiro atoms. The molecule has 0 bridgehead atoms. The Bertz CT molecular complexity index is 318. The first kappa shape index (κ1) is 14.4. The van der Waals surface area contributed by atoms with Gasteiger partial charge in [0, 0.05) is 3.57 Å². The van der Waals surface area contributed by atoms with Gasteiger partial charge in [-0.2, -0.15) is 4.21 Å². The molecular weight excluding hydrogens is 329 g/mol. The molecule has 0 unspecified atom stereocenters. The van der Waals surface area contributed by atoms with E-state index in [0.29, 0.717) is 6.42 Å². The minimum absolute atomic E-state index is 0.381. The van der Waals surface area contributed by atoms with E-state index in [0.717, 1.165) is 9.13 Å². The van der Waals surface area contributed by atoms with Crippen LogP contribution in [0.3, 0.4) is 0 Å². The molecule has 1 aromatic rings. The molecule has 1 atom stereocenters. The van der Waals surface area contributed by atoms with Crippen molar-refractivity contribution in [3.63, 3.8) is 0 Å². The molecule has 6 heteroatoms. The van der Waals surface area contributed by atoms with Gasteiger partial charge in [0.15, 0.2) is 12.5 Å². The molecule has 0 saturated heterocycles. The van der Waals surface area contributed by atoms with E-state index in [1.807, 2.05) is 24.3 Å². The monoisotopic (exact) mass is 339 g/mol. The third kappa shape index (κ3) is 5.75. The zero-order valence-corrected chi connectivity index (χ0v) is 10.7. The molecule has 82 valence electrons. The highest BCUT2D eigenvalue weighted by Crippen LogP contribution is 2.08. The second kappa shape index (κ2) is 7.66. The number of carboxylic acids is 1. The largest absolute Gasteiger partial charge is 0.480 e. The van der Waals surface area contributed by atoms with Gasteiger partial charge in [0.25, 0.3) is 0 Å². The lowest BCUT2D eigenvalue weighted by molar-refractivity contribution is -0.138. The fourth-order valence-electron chi connectivity index (χ4n) is 0.962. The highest BCUT2D eigenvalue weighted by atomic mass is 127. The van der Waals surface area contributed by atoms with Crippen LogP contribution in [0.4, 0.5) is 0 Å². The van der Waals surface area contributed by atoms with Crippen molar-refractivity contribution in [1.29, 1.82) is 0 Å². The van der Waals surface area contributed by atoms with Gasteiger partial charge in [-0.05, 0) is 46.7 Å². The fraction of sp³-hybridized carbons (Fsp3) is 0.222. The van der Waals surface area contributed by atoms with Crippen molar-refractivity contribution in [1.82, 2.24) is 0 Å². The summed E-state index contributed by atoms with van der Waals surface area (Å²) in [4.78, 5) is 10.4. The lowest BCUT2D eigenvalue weighted by Crippen LogP contribution is -2.32. The maximum atomic E-state index is 10.4. The molecule has 0 heterocycles. The van der Waals surface area contributed by atoms with Crippen molar-refractivity contribution >= 4 is 41.1 Å². The van der Waals surface area contributed by atoms with Crippen molar-refractivity contribution in [3.05, 3.63) is 33.4 Å². The van der Waals surface area contributed by atoms with Crippen LogP contribution in [0, 0.1) is 3.57 Å². The number of carbonyl (C=O) groups is 1. The summed E-state index contributed by atoms with van der Waals surface area (Å²) in [6, 6.07) is 6.85. The summed E-state index contributed by atoms with van der Waals surface area (Å²) in [5, 5.41) is 8.57. The van der Waals surface area contributed by atoms with Crippen molar-refractivity contribution in [2.24, 2.45) is 5.73 Å². The lowest BCUT2D eigenvalue weighted by Gasteiger charge is -2.05. The third-order valence-corrected chi connectivity index (χ3v) is 2.41. The van der Waals surface area contributed by atoms with Crippen LogP contribution in [0.15, 0.2) is 24.3 Å². The van der Waals surface area contributed by atoms with Gasteiger partial charge in [-0.25, -0.2) is 0 Å². The summed E-state index contributed by atoms with van der Waals surface area (Å²) in [5.41, 5.74) is 6.34. The first-order chi connectivity index (χ1) is 7.09. The Morgan fingerprint density at radius 3 is 2.27 bits per heavy atom. The van der Waals surface area contributed by atoms with Crippen LogP contribution >= 0.6 is 22.6 Å². The number of carboxylic acid groups (broad SMARTS) is 1. The second-order valence-corrected chi connectivity index (χ2v) is 4.02. The number of aliphatic carboxylic acids is 1. The van der Waals surface area contributed by atoms with E-state index < -0.39 is 12.0 Å². The van der Waals surface area contributed by atoms with Crippen LogP contribution in [0.1, 0.15) is 5.56 Å². The van der Waals surface area contributed by atoms with E-state index in [-0.39, 0.29) is 0 Å². The molecule has 0 fully saturated rings. The summed E-state index contributed by atoms with van der Waals surface area (Å²) in [7, 11) is 0. The number of rotatable bonds is 3. The summed E-state index contributed by atoms with van der Waals surface area (Å²) in [6.07, 6.45) is 0.381. The molecule has 1 aromatic carbocycles. The van der Waals surface area contributed by atoms with Crippen LogP contribution in [0.2, 0.25) is 0 Å². The van der Waals surface area contributed by atoms with Gasteiger partial charge < -0.3 is 10.8 Å². The van der Waals surface area contributed by atoms with Crippen molar-refractivity contribution < 1.29 is 14.1 Å². The highest BCUT2D eigenvalue weighted by Gasteiger charge is 2.11. The van der Waals surface area contributed by atoms with E-state index in [2.05, 4.69) is 35.1 Å². The molecule has 0 saturated carbocycles. The maximum absolute atomic E-state index is 10.4. The molecule has 1 rings (SSSR count). The topological polar surface area (TPSA) is 80.4 Å². The molecule has 4 nitrogen and oxygen atoms in total. The number of halogens is 1. The van der Waals surface area contributed by atoms with Crippen molar-refractivity contribution in [3.8, 4) is 0 Å². The summed E-state index contributed by atoms with van der Waals surface area (Å²) < 4.78 is 8.96. The highest BCUT2D eigenvalue weighted by molar-refractivity contribution is 14.1. The third-order valence-electron chi connectivity index (χ3n) is 1.69. The van der Waals surface area contributed by atoms with Gasteiger partial charge >= 0.3 is 5.97 Å². The Balaban J connectivity index is 0.000000921. The average Bonchev–Trinajstić information content (AvgIpc) is 2.24. The Hall–Kier alpha value is -0.600. The average molecular weight is 339 g/mol. The summed E-state index contributed by atoms with van der Waals surface area (Å²) >= 11 is 5.03. The fourth-order valence-corrected chi connectivity index (χ4v) is 1.32. The van der Waals surface area contributed by atoms with Gasteiger partial charge in [0.2, 0.25) is 0 Å². The van der Waals surface area contributed by atoms with Crippen LogP contribution in [0.25, 0.3) is 0 Å². The zero-order chi connectivity index (χ0) is 11.8. The summed E-state index contributed by atoms with van der Waals surface area (Å²) in [6.45, 7) is 0. The number of nitrogens with two attached hydrogens (primary N) is 1. The van der Waals surface area contributed by atoms with E-state index in [4.69, 9.17) is 15.0 Å². The molecule has 0 aromatic heterocycles.